The van der Waals surface area contributed by atoms with Gasteiger partial charge in [0.05, 0.1) is 0 Å². The van der Waals surface area contributed by atoms with Gasteiger partial charge in [0.15, 0.2) is 0 Å². The first kappa shape index (κ1) is 63.9. The molecule has 0 aromatic carbocycles. The maximum atomic E-state index is 12.9. The van der Waals surface area contributed by atoms with Crippen molar-refractivity contribution in [3.05, 3.63) is 122 Å². The van der Waals surface area contributed by atoms with Gasteiger partial charge in [-0.2, -0.15) is 0 Å². The number of aromatic amines is 3. The molecule has 34 nitrogen and oxygen atoms in total. The van der Waals surface area contributed by atoms with Crippen molar-refractivity contribution in [3.63, 3.8) is 0 Å². The van der Waals surface area contributed by atoms with Crippen molar-refractivity contribution >= 4 is 103 Å². The molecule has 8 heterocycles. The van der Waals surface area contributed by atoms with E-state index in [9.17, 15) is 62.9 Å². The van der Waals surface area contributed by atoms with E-state index in [-0.39, 0.29) is 38.1 Å². The Kier molecular flexibility index (Phi) is 21.3. The minimum atomic E-state index is -4.78. The van der Waals surface area contributed by atoms with Crippen LogP contribution in [0.25, 0.3) is 0 Å². The third kappa shape index (κ3) is 17.3. The van der Waals surface area contributed by atoms with Crippen LogP contribution in [0.15, 0.2) is 82.6 Å². The van der Waals surface area contributed by atoms with Crippen LogP contribution in [0.4, 0.5) is 5.82 Å². The van der Waals surface area contributed by atoms with E-state index in [1.807, 2.05) is 0 Å². The summed E-state index contributed by atoms with van der Waals surface area (Å²) >= 11 is 20.5. The molecule has 4 fully saturated rings. The van der Waals surface area contributed by atoms with Gasteiger partial charge in [-0.3, -0.25) is 0 Å². The number of nitrogens with one attached hydrogen (secondary N) is 3. The van der Waals surface area contributed by atoms with Crippen molar-refractivity contribution in [2.45, 2.75) is 99.4 Å². The SMILES string of the molecule is Nc1ccn(C2CC(O[PH](O)(O)S)C(CO[PH](O)(S)OC3CC(n4ccc(=O)[nH]c4=O)OC3CO[PH](O)(S)OC3CC(n4ccc(=O)[nH]c4=O)OC3CO[PH](O)(S)OC3CC(n4ccc(=O)[nH]c4=O)OC3COP(O)S)O2)c(=O)n1. The number of nitrogen functional groups attached to an aromatic ring is 1. The van der Waals surface area contributed by atoms with Crippen LogP contribution in [0, 0.1) is 0 Å². The van der Waals surface area contributed by atoms with Crippen LogP contribution in [0.1, 0.15) is 50.6 Å². The summed E-state index contributed by atoms with van der Waals surface area (Å²) in [5.74, 6) is -0.0730. The van der Waals surface area contributed by atoms with E-state index in [1.165, 1.54) is 18.5 Å². The number of anilines is 1. The van der Waals surface area contributed by atoms with Gasteiger partial charge >= 0.3 is 480 Å². The van der Waals surface area contributed by atoms with Crippen molar-refractivity contribution in [1.82, 2.24) is 38.2 Å². The molecular weight excluding hydrogens is 1270 g/mol. The molecule has 44 heteroatoms. The summed E-state index contributed by atoms with van der Waals surface area (Å²) < 4.78 is 74.1. The average Bonchev–Trinajstić information content (AvgIpc) is 4.21. The quantitative estimate of drug-likeness (QED) is 0.0286. The van der Waals surface area contributed by atoms with Gasteiger partial charge < -0.3 is 0 Å². The first-order chi connectivity index (χ1) is 37.5. The standard InChI is InChI=1S/C36H56N9O25P5S5/c37-25-1-5-42(33(49)38-25)29-9-17(67-72(54,55)77)22(64-29)14-60-74(57,79)69-19-11-31(44-7-3-27(47)40-35(44)51)66-24(19)16-62-75(58,80)70-20-12-32(45-8-4-28(48)41-36(45)52)65-23(20)15-61-73(56,78)68-18-10-30(63-21(18)13-59-71(53)76)43-6-2-26(46)39-34(43)50/h1-8,17-24,29-32,53-58,72-80H,9-16H2,(H2,37,38,49)(H,39,46,50)(H,40,47,51)(H,41,48,52). The van der Waals surface area contributed by atoms with Crippen LogP contribution >= 0.6 is 97.4 Å². The summed E-state index contributed by atoms with van der Waals surface area (Å²) in [7, 11) is -20.8. The number of nitrogens with zero attached hydrogens (tertiary/aromatic N) is 5. The minimum absolute atomic E-state index is 0.0730. The zero-order valence-corrected chi connectivity index (χ0v) is 50.0. The molecule has 0 radical (unpaired) electrons. The molecule has 4 aliphatic rings. The molecule has 450 valence electrons. The van der Waals surface area contributed by atoms with Gasteiger partial charge in [0.25, 0.3) is 0 Å². The molecular formula is C36H56N9O25P5S5. The molecule has 0 aliphatic carbocycles. The average molecular weight is 1330 g/mol. The maximum absolute atomic E-state index is 12.9. The summed E-state index contributed by atoms with van der Waals surface area (Å²) in [6.45, 7) is -2.23. The number of rotatable bonds is 24. The molecule has 8 rings (SSSR count). The first-order valence-corrected chi connectivity index (χ1v) is 38.0. The van der Waals surface area contributed by atoms with Gasteiger partial charge in [0.1, 0.15) is 0 Å². The first-order valence-electron chi connectivity index (χ1n) is 23.4. The van der Waals surface area contributed by atoms with Crippen LogP contribution in [0.3, 0.4) is 0 Å². The zero-order chi connectivity index (χ0) is 58.1. The Morgan fingerprint density at radius 1 is 0.537 bits per heavy atom. The molecule has 4 saturated heterocycles. The third-order valence-corrected chi connectivity index (χ3v) is 19.5. The second-order valence-electron chi connectivity index (χ2n) is 17.9. The molecule has 11 N–H and O–H groups in total. The topological polar surface area (TPSA) is 458 Å². The summed E-state index contributed by atoms with van der Waals surface area (Å²) in [6.07, 6.45) is -10.5. The van der Waals surface area contributed by atoms with Crippen LogP contribution < -0.4 is 45.2 Å². The predicted molar refractivity (Wildman–Crippen MR) is 303 cm³/mol. The number of hydrogen-bond acceptors (Lipinski definition) is 32. The van der Waals surface area contributed by atoms with Crippen LogP contribution in [-0.2, 0) is 55.1 Å². The van der Waals surface area contributed by atoms with Crippen LogP contribution in [0.2, 0.25) is 0 Å². The Morgan fingerprint density at radius 3 is 1.16 bits per heavy atom. The fraction of sp³-hybridized carbons (Fsp3) is 0.556. The third-order valence-electron chi connectivity index (χ3n) is 12.3. The van der Waals surface area contributed by atoms with Gasteiger partial charge in [-0.1, -0.05) is 0 Å². The van der Waals surface area contributed by atoms with E-state index >= 15 is 0 Å². The molecule has 0 bridgehead atoms. The Hall–Kier alpha value is -2.10. The summed E-state index contributed by atoms with van der Waals surface area (Å²) in [6, 6.07) is 4.49. The van der Waals surface area contributed by atoms with Gasteiger partial charge in [0, 0.05) is 0 Å². The monoisotopic (exact) mass is 1330 g/mol. The van der Waals surface area contributed by atoms with E-state index < -0.39 is 169 Å². The number of thiol groups is 5. The molecule has 13 atom stereocenters. The van der Waals surface area contributed by atoms with E-state index in [0.717, 1.165) is 48.9 Å². The van der Waals surface area contributed by atoms with Crippen LogP contribution in [0.5, 0.6) is 0 Å². The van der Waals surface area contributed by atoms with Crippen molar-refractivity contribution in [3.8, 4) is 0 Å². The van der Waals surface area contributed by atoms with E-state index in [2.05, 4.69) is 81.2 Å². The van der Waals surface area contributed by atoms with Gasteiger partial charge in [-0.25, -0.2) is 0 Å². The second-order valence-corrected chi connectivity index (χ2v) is 32.8. The number of hydrogen-bond donors (Lipinski definition) is 15. The predicted octanol–water partition coefficient (Wildman–Crippen LogP) is -1.30. The molecule has 0 saturated carbocycles. The molecule has 80 heavy (non-hydrogen) atoms. The molecule has 13 unspecified atom stereocenters. The van der Waals surface area contributed by atoms with E-state index in [1.54, 1.807) is 0 Å². The van der Waals surface area contributed by atoms with Gasteiger partial charge in [0.2, 0.25) is 0 Å². The molecule has 0 amide bonds. The second kappa shape index (κ2) is 26.7. The Balaban J connectivity index is 0.961. The number of H-pyrrole nitrogens is 3. The summed E-state index contributed by atoms with van der Waals surface area (Å²) in [5.41, 5.74) is 0.0828. The van der Waals surface area contributed by atoms with Crippen molar-refractivity contribution in [2.75, 3.05) is 32.2 Å². The number of nitrogens with two attached hydrogens (primary N) is 1. The molecule has 4 aromatic rings. The summed E-state index contributed by atoms with van der Waals surface area (Å²) in [5, 5.41) is 0. The van der Waals surface area contributed by atoms with E-state index in [4.69, 9.17) is 60.9 Å². The van der Waals surface area contributed by atoms with Crippen molar-refractivity contribution in [2.24, 2.45) is 0 Å². The number of aromatic nitrogens is 8. The normalized spacial score (nSPS) is 28.8. The Bertz CT molecular complexity index is 3240. The van der Waals surface area contributed by atoms with Crippen molar-refractivity contribution < 1.29 is 84.5 Å². The fourth-order valence-electron chi connectivity index (χ4n) is 8.80. The molecule has 0 spiro atoms. The fourth-order valence-corrected chi connectivity index (χ4v) is 15.5. The molecule has 4 aliphatic heterocycles. The number of ether oxygens (including phenoxy) is 4. The zero-order valence-electron chi connectivity index (χ0n) is 40.6. The van der Waals surface area contributed by atoms with E-state index in [0.29, 0.717) is 0 Å². The van der Waals surface area contributed by atoms with Crippen molar-refractivity contribution in [1.29, 1.82) is 0 Å². The van der Waals surface area contributed by atoms with Crippen LogP contribution in [-0.4, -0.2) is 143 Å². The van der Waals surface area contributed by atoms with Gasteiger partial charge in [-0.05, 0) is 0 Å². The summed E-state index contributed by atoms with van der Waals surface area (Å²) in [4.78, 5) is 161. The van der Waals surface area contributed by atoms with Gasteiger partial charge in [-0.15, -0.1) is 0 Å². The molecule has 4 aromatic heterocycles. The Morgan fingerprint density at radius 2 is 0.850 bits per heavy atom. The Labute approximate surface area is 477 Å².